The summed E-state index contributed by atoms with van der Waals surface area (Å²) in [5, 5.41) is 0. The third kappa shape index (κ3) is 3.87. The summed E-state index contributed by atoms with van der Waals surface area (Å²) >= 11 is 3.48. The molecule has 0 spiro atoms. The molecule has 0 amide bonds. The Morgan fingerprint density at radius 3 is 2.24 bits per heavy atom. The number of rotatable bonds is 3. The molecule has 0 aromatic heterocycles. The lowest BCUT2D eigenvalue weighted by Gasteiger charge is -2.46. The number of hydrogen-bond donors (Lipinski definition) is 0. The Morgan fingerprint density at radius 1 is 1.19 bits per heavy atom. The predicted molar refractivity (Wildman–Crippen MR) is 92.0 cm³/mol. The van der Waals surface area contributed by atoms with Crippen LogP contribution in [-0.2, 0) is 6.54 Å². The maximum Gasteiger partial charge on any atom is 0.220 e. The van der Waals surface area contributed by atoms with Gasteiger partial charge in [0.05, 0.1) is 0 Å². The summed E-state index contributed by atoms with van der Waals surface area (Å²) in [7, 11) is 0. The topological polar surface area (TPSA) is 7.60 Å². The van der Waals surface area contributed by atoms with Gasteiger partial charge >= 0.3 is 0 Å². The Kier molecular flexibility index (Phi) is 5.11. The Labute approximate surface area is 137 Å². The quantitative estimate of drug-likeness (QED) is 0.697. The first-order valence-corrected chi connectivity index (χ1v) is 8.46. The zero-order valence-corrected chi connectivity index (χ0v) is 14.9. The first kappa shape index (κ1) is 16.5. The van der Waals surface area contributed by atoms with Crippen LogP contribution in [0, 0.1) is 17.4 Å². The molecular weight excluding hydrogens is 324 g/mol. The number of benzene rings is 1. The second kappa shape index (κ2) is 6.50. The minimum Gasteiger partial charge on any atom is -0.316 e. The molecule has 0 radical (unpaired) electrons. The van der Waals surface area contributed by atoms with Crippen molar-refractivity contribution in [3.8, 4) is 0 Å². The normalized spacial score (nSPS) is 19.2. The van der Waals surface area contributed by atoms with E-state index in [9.17, 15) is 0 Å². The van der Waals surface area contributed by atoms with Gasteiger partial charge in [0.15, 0.2) is 0 Å². The largest absolute Gasteiger partial charge is 0.316 e. The van der Waals surface area contributed by atoms with Gasteiger partial charge < -0.3 is 4.85 Å². The molecule has 2 nitrogen and oxygen atoms in total. The monoisotopic (exact) mass is 348 g/mol. The summed E-state index contributed by atoms with van der Waals surface area (Å²) in [5.41, 5.74) is 1.76. The first-order valence-electron chi connectivity index (χ1n) is 7.66. The molecule has 0 saturated carbocycles. The molecule has 1 aromatic rings. The molecular formula is C18H25BrN2. The fraction of sp³-hybridized carbons (Fsp3) is 0.611. The molecule has 0 aliphatic carbocycles. The molecule has 1 aromatic carbocycles. The number of piperidine rings is 1. The molecule has 1 saturated heterocycles. The van der Waals surface area contributed by atoms with E-state index in [-0.39, 0.29) is 10.8 Å². The maximum absolute atomic E-state index is 7.30. The van der Waals surface area contributed by atoms with Crippen molar-refractivity contribution in [2.75, 3.05) is 19.6 Å². The van der Waals surface area contributed by atoms with Gasteiger partial charge in [0, 0.05) is 16.4 Å². The van der Waals surface area contributed by atoms with E-state index in [0.717, 1.165) is 36.9 Å². The third-order valence-corrected chi connectivity index (χ3v) is 5.63. The first-order chi connectivity index (χ1) is 9.86. The van der Waals surface area contributed by atoms with E-state index in [4.69, 9.17) is 6.57 Å². The summed E-state index contributed by atoms with van der Waals surface area (Å²) in [6.07, 6.45) is 2.27. The zero-order chi connectivity index (χ0) is 15.5. The average Bonchev–Trinajstić information content (AvgIpc) is 2.43. The molecule has 21 heavy (non-hydrogen) atoms. The highest BCUT2D eigenvalue weighted by molar-refractivity contribution is 9.10. The van der Waals surface area contributed by atoms with Crippen LogP contribution in [0.15, 0.2) is 28.7 Å². The molecule has 0 N–H and O–H groups in total. The van der Waals surface area contributed by atoms with Crippen LogP contribution in [0.4, 0.5) is 0 Å². The fourth-order valence-electron chi connectivity index (χ4n) is 3.28. The van der Waals surface area contributed by atoms with E-state index in [1.807, 2.05) is 0 Å². The second-order valence-electron chi connectivity index (χ2n) is 7.25. The van der Waals surface area contributed by atoms with Gasteiger partial charge in [0.2, 0.25) is 6.54 Å². The Hall–Kier alpha value is -0.850. The molecule has 1 aliphatic heterocycles. The van der Waals surface area contributed by atoms with E-state index in [2.05, 4.69) is 70.7 Å². The molecule has 0 unspecified atom stereocenters. The maximum atomic E-state index is 7.30. The summed E-state index contributed by atoms with van der Waals surface area (Å²) in [6, 6.07) is 8.60. The van der Waals surface area contributed by atoms with Crippen molar-refractivity contribution in [2.24, 2.45) is 10.8 Å². The van der Waals surface area contributed by atoms with Gasteiger partial charge in [-0.2, -0.15) is 0 Å². The Balaban J connectivity index is 1.99. The number of hydrogen-bond acceptors (Lipinski definition) is 1. The van der Waals surface area contributed by atoms with E-state index in [0.29, 0.717) is 6.54 Å². The van der Waals surface area contributed by atoms with Crippen molar-refractivity contribution < 1.29 is 0 Å². The minimum atomic E-state index is 0.185. The standard InChI is InChI=1S/C18H25BrN2/c1-17(2,3)18(14-20-4)9-11-21(12-10-18)13-15-5-7-16(19)8-6-15/h5-8H,9-14H2,1-3H3. The number of likely N-dealkylation sites (tertiary alicyclic amines) is 1. The van der Waals surface area contributed by atoms with Gasteiger partial charge in [-0.05, 0) is 49.0 Å². The molecule has 1 fully saturated rings. The van der Waals surface area contributed by atoms with Crippen molar-refractivity contribution in [1.82, 2.24) is 4.90 Å². The molecule has 3 heteroatoms. The second-order valence-corrected chi connectivity index (χ2v) is 8.16. The fourth-order valence-corrected chi connectivity index (χ4v) is 3.55. The van der Waals surface area contributed by atoms with Gasteiger partial charge in [-0.15, -0.1) is 0 Å². The van der Waals surface area contributed by atoms with Crippen LogP contribution in [0.25, 0.3) is 4.85 Å². The zero-order valence-electron chi connectivity index (χ0n) is 13.3. The highest BCUT2D eigenvalue weighted by atomic mass is 79.9. The Bertz CT molecular complexity index is 500. The summed E-state index contributed by atoms with van der Waals surface area (Å²) < 4.78 is 1.13. The number of halogens is 1. The molecule has 1 heterocycles. The van der Waals surface area contributed by atoms with Gasteiger partial charge in [-0.1, -0.05) is 48.8 Å². The summed E-state index contributed by atoms with van der Waals surface area (Å²) in [6.45, 7) is 18.1. The van der Waals surface area contributed by atoms with Crippen molar-refractivity contribution in [2.45, 2.75) is 40.2 Å². The molecule has 114 valence electrons. The number of nitrogens with zero attached hydrogens (tertiary/aromatic N) is 2. The van der Waals surface area contributed by atoms with Crippen molar-refractivity contribution in [3.05, 3.63) is 45.7 Å². The van der Waals surface area contributed by atoms with Crippen LogP contribution in [0.1, 0.15) is 39.2 Å². The minimum absolute atomic E-state index is 0.185. The summed E-state index contributed by atoms with van der Waals surface area (Å²) in [4.78, 5) is 6.27. The smallest absolute Gasteiger partial charge is 0.220 e. The van der Waals surface area contributed by atoms with Gasteiger partial charge in [-0.25, -0.2) is 6.57 Å². The molecule has 2 rings (SSSR count). The highest BCUT2D eigenvalue weighted by Gasteiger charge is 2.46. The van der Waals surface area contributed by atoms with Crippen LogP contribution >= 0.6 is 15.9 Å². The van der Waals surface area contributed by atoms with Crippen molar-refractivity contribution >= 4 is 15.9 Å². The Morgan fingerprint density at radius 2 is 1.76 bits per heavy atom. The van der Waals surface area contributed by atoms with E-state index in [1.165, 1.54) is 5.56 Å². The molecule has 0 atom stereocenters. The van der Waals surface area contributed by atoms with Crippen LogP contribution < -0.4 is 0 Å². The SMILES string of the molecule is [C-]#[N+]CC1(C(C)(C)C)CCN(Cc2ccc(Br)cc2)CC1. The van der Waals surface area contributed by atoms with Crippen LogP contribution in [-0.4, -0.2) is 24.5 Å². The van der Waals surface area contributed by atoms with Crippen molar-refractivity contribution in [1.29, 1.82) is 0 Å². The average molecular weight is 349 g/mol. The van der Waals surface area contributed by atoms with Gasteiger partial charge in [-0.3, -0.25) is 4.90 Å². The molecule has 1 aliphatic rings. The van der Waals surface area contributed by atoms with Gasteiger partial charge in [0.25, 0.3) is 0 Å². The van der Waals surface area contributed by atoms with Crippen LogP contribution in [0.3, 0.4) is 0 Å². The van der Waals surface area contributed by atoms with Crippen LogP contribution in [0.5, 0.6) is 0 Å². The van der Waals surface area contributed by atoms with Crippen LogP contribution in [0.2, 0.25) is 0 Å². The lowest BCUT2D eigenvalue weighted by molar-refractivity contribution is 0.0173. The van der Waals surface area contributed by atoms with E-state index < -0.39 is 0 Å². The predicted octanol–water partition coefficient (Wildman–Crippen LogP) is 5.00. The lowest BCUT2D eigenvalue weighted by atomic mass is 9.61. The highest BCUT2D eigenvalue weighted by Crippen LogP contribution is 2.47. The van der Waals surface area contributed by atoms with E-state index >= 15 is 0 Å². The van der Waals surface area contributed by atoms with E-state index in [1.54, 1.807) is 0 Å². The van der Waals surface area contributed by atoms with Gasteiger partial charge in [0.1, 0.15) is 0 Å². The third-order valence-electron chi connectivity index (χ3n) is 5.11. The van der Waals surface area contributed by atoms with Crippen molar-refractivity contribution in [3.63, 3.8) is 0 Å². The summed E-state index contributed by atoms with van der Waals surface area (Å²) in [5.74, 6) is 0. The molecule has 0 bridgehead atoms. The lowest BCUT2D eigenvalue weighted by Crippen LogP contribution is -2.47.